The van der Waals surface area contributed by atoms with Crippen molar-refractivity contribution in [3.8, 4) is 17.2 Å². The fourth-order valence-corrected chi connectivity index (χ4v) is 3.75. The number of benzene rings is 4. The van der Waals surface area contributed by atoms with E-state index in [1.54, 1.807) is 24.4 Å². The van der Waals surface area contributed by atoms with Crippen LogP contribution >= 0.6 is 15.9 Å². The molecule has 4 aromatic rings. The van der Waals surface area contributed by atoms with Crippen LogP contribution in [-0.2, 0) is 13.2 Å². The first-order valence-corrected chi connectivity index (χ1v) is 12.1. The lowest BCUT2D eigenvalue weighted by Crippen LogP contribution is -2.17. The van der Waals surface area contributed by atoms with Crippen molar-refractivity contribution in [3.63, 3.8) is 0 Å². The van der Waals surface area contributed by atoms with Crippen molar-refractivity contribution in [1.29, 1.82) is 0 Å². The summed E-state index contributed by atoms with van der Waals surface area (Å²) in [5.74, 6) is 1.30. The number of hydrogen-bond acceptors (Lipinski definition) is 5. The molecule has 0 atom stereocenters. The summed E-state index contributed by atoms with van der Waals surface area (Å²) in [6.45, 7) is 0.822. The summed E-state index contributed by atoms with van der Waals surface area (Å²) < 4.78 is 18.1. The third-order valence-corrected chi connectivity index (χ3v) is 5.73. The van der Waals surface area contributed by atoms with Gasteiger partial charge in [0.05, 0.1) is 13.3 Å². The molecule has 7 heteroatoms. The zero-order valence-corrected chi connectivity index (χ0v) is 21.3. The van der Waals surface area contributed by atoms with E-state index in [1.165, 1.54) is 7.11 Å². The Balaban J connectivity index is 1.40. The number of rotatable bonds is 10. The highest BCUT2D eigenvalue weighted by molar-refractivity contribution is 9.10. The summed E-state index contributed by atoms with van der Waals surface area (Å²) in [5.41, 5.74) is 5.77. The Labute approximate surface area is 218 Å². The van der Waals surface area contributed by atoms with Crippen LogP contribution in [0.15, 0.2) is 107 Å². The Morgan fingerprint density at radius 2 is 1.42 bits per heavy atom. The molecule has 0 heterocycles. The number of ether oxygens (including phenoxy) is 3. The van der Waals surface area contributed by atoms with Gasteiger partial charge >= 0.3 is 0 Å². The van der Waals surface area contributed by atoms with Crippen LogP contribution < -0.4 is 19.6 Å². The number of hydrogen-bond donors (Lipinski definition) is 1. The third-order valence-electron chi connectivity index (χ3n) is 5.24. The first-order chi connectivity index (χ1) is 17.6. The van der Waals surface area contributed by atoms with Gasteiger partial charge in [-0.1, -0.05) is 76.6 Å². The molecule has 4 rings (SSSR count). The molecule has 0 radical (unpaired) electrons. The third kappa shape index (κ3) is 6.96. The maximum atomic E-state index is 12.7. The van der Waals surface area contributed by atoms with E-state index >= 15 is 0 Å². The predicted molar refractivity (Wildman–Crippen MR) is 144 cm³/mol. The van der Waals surface area contributed by atoms with Gasteiger partial charge in [0.2, 0.25) is 0 Å². The Bertz CT molecular complexity index is 1330. The first-order valence-electron chi connectivity index (χ1n) is 11.3. The van der Waals surface area contributed by atoms with Gasteiger partial charge in [0.15, 0.2) is 11.5 Å². The topological polar surface area (TPSA) is 69.2 Å². The van der Waals surface area contributed by atoms with Gasteiger partial charge in [-0.15, -0.1) is 0 Å². The van der Waals surface area contributed by atoms with Crippen LogP contribution in [0.25, 0.3) is 0 Å². The van der Waals surface area contributed by atoms with Crippen molar-refractivity contribution in [1.82, 2.24) is 5.43 Å². The number of nitrogens with one attached hydrogen (secondary N) is 1. The molecular weight excluding hydrogens is 520 g/mol. The molecule has 0 spiro atoms. The summed E-state index contributed by atoms with van der Waals surface area (Å²) in [4.78, 5) is 12.7. The Morgan fingerprint density at radius 1 is 0.806 bits per heavy atom. The summed E-state index contributed by atoms with van der Waals surface area (Å²) in [6.07, 6.45) is 1.55. The van der Waals surface area contributed by atoms with Gasteiger partial charge in [-0.05, 0) is 47.5 Å². The molecule has 182 valence electrons. The van der Waals surface area contributed by atoms with Gasteiger partial charge in [0.25, 0.3) is 5.91 Å². The van der Waals surface area contributed by atoms with Gasteiger partial charge in [0, 0.05) is 15.6 Å². The molecule has 0 aliphatic heterocycles. The Hall–Kier alpha value is -4.10. The van der Waals surface area contributed by atoms with Crippen LogP contribution in [0.5, 0.6) is 17.2 Å². The Morgan fingerprint density at radius 3 is 2.06 bits per heavy atom. The maximum Gasteiger partial charge on any atom is 0.271 e. The van der Waals surface area contributed by atoms with E-state index in [1.807, 2.05) is 78.9 Å². The van der Waals surface area contributed by atoms with Crippen molar-refractivity contribution in [2.24, 2.45) is 5.10 Å². The second-order valence-electron chi connectivity index (χ2n) is 7.80. The molecule has 0 aliphatic rings. The van der Waals surface area contributed by atoms with Crippen LogP contribution in [0.3, 0.4) is 0 Å². The zero-order valence-electron chi connectivity index (χ0n) is 19.7. The molecule has 0 bridgehead atoms. The van der Waals surface area contributed by atoms with Crippen LogP contribution in [0.1, 0.15) is 27.0 Å². The molecule has 1 N–H and O–H groups in total. The lowest BCUT2D eigenvalue weighted by atomic mass is 10.2. The van der Waals surface area contributed by atoms with Crippen LogP contribution in [0, 0.1) is 0 Å². The fraction of sp³-hybridized carbons (Fsp3) is 0.103. The molecule has 0 saturated carbocycles. The summed E-state index contributed by atoms with van der Waals surface area (Å²) in [5, 5.41) is 4.13. The second kappa shape index (κ2) is 12.6. The predicted octanol–water partition coefficient (Wildman–Crippen LogP) is 6.38. The molecule has 1 amide bonds. The van der Waals surface area contributed by atoms with E-state index in [4.69, 9.17) is 14.2 Å². The van der Waals surface area contributed by atoms with Crippen molar-refractivity contribution < 1.29 is 19.0 Å². The minimum absolute atomic E-state index is 0.374. The van der Waals surface area contributed by atoms with E-state index in [-0.39, 0.29) is 5.91 Å². The van der Waals surface area contributed by atoms with E-state index in [0.717, 1.165) is 21.2 Å². The average molecular weight is 545 g/mol. The molecule has 0 fully saturated rings. The zero-order chi connectivity index (χ0) is 25.2. The number of carbonyl (C=O) groups is 1. The normalized spacial score (nSPS) is 10.7. The molecule has 0 unspecified atom stereocenters. The number of hydrazone groups is 1. The van der Waals surface area contributed by atoms with Crippen molar-refractivity contribution in [3.05, 3.63) is 124 Å². The molecule has 6 nitrogen and oxygen atoms in total. The van der Waals surface area contributed by atoms with E-state index in [0.29, 0.717) is 36.0 Å². The largest absolute Gasteiger partial charge is 0.493 e. The fourth-order valence-electron chi connectivity index (χ4n) is 3.38. The average Bonchev–Trinajstić information content (AvgIpc) is 2.92. The highest BCUT2D eigenvalue weighted by Crippen LogP contribution is 2.29. The molecule has 0 aromatic heterocycles. The first kappa shape index (κ1) is 25.0. The van der Waals surface area contributed by atoms with Crippen LogP contribution in [0.4, 0.5) is 0 Å². The van der Waals surface area contributed by atoms with Crippen LogP contribution in [0.2, 0.25) is 0 Å². The minimum Gasteiger partial charge on any atom is -0.493 e. The monoisotopic (exact) mass is 544 g/mol. The summed E-state index contributed by atoms with van der Waals surface area (Å²) in [7, 11) is 1.54. The lowest BCUT2D eigenvalue weighted by Gasteiger charge is -2.12. The van der Waals surface area contributed by atoms with E-state index < -0.39 is 0 Å². The van der Waals surface area contributed by atoms with E-state index in [2.05, 4.69) is 26.5 Å². The number of halogens is 1. The quantitative estimate of drug-likeness (QED) is 0.186. The highest BCUT2D eigenvalue weighted by Gasteiger charge is 2.11. The standard InChI is InChI=1S/C29H25BrN2O4/c1-34-28-17-23(12-14-27(28)36-20-22-10-6-3-7-11-22)29(33)32-31-18-24-16-25(30)13-15-26(24)35-19-21-8-4-2-5-9-21/h2-18H,19-20H2,1H3,(H,32,33)/b31-18+. The summed E-state index contributed by atoms with van der Waals surface area (Å²) in [6, 6.07) is 30.3. The van der Waals surface area contributed by atoms with Gasteiger partial charge in [0.1, 0.15) is 19.0 Å². The molecular formula is C29H25BrN2O4. The van der Waals surface area contributed by atoms with Crippen LogP contribution in [-0.4, -0.2) is 19.2 Å². The Kier molecular flexibility index (Phi) is 8.72. The lowest BCUT2D eigenvalue weighted by molar-refractivity contribution is 0.0954. The minimum atomic E-state index is -0.374. The van der Waals surface area contributed by atoms with Gasteiger partial charge in [-0.25, -0.2) is 5.43 Å². The van der Waals surface area contributed by atoms with Gasteiger partial charge in [-0.3, -0.25) is 4.79 Å². The number of amides is 1. The molecule has 0 saturated heterocycles. The smallest absolute Gasteiger partial charge is 0.271 e. The van der Waals surface area contributed by atoms with Crippen molar-refractivity contribution >= 4 is 28.1 Å². The van der Waals surface area contributed by atoms with Gasteiger partial charge in [-0.2, -0.15) is 5.10 Å². The summed E-state index contributed by atoms with van der Waals surface area (Å²) >= 11 is 3.47. The van der Waals surface area contributed by atoms with Crippen molar-refractivity contribution in [2.75, 3.05) is 7.11 Å². The number of methoxy groups -OCH3 is 1. The SMILES string of the molecule is COc1cc(C(=O)N/N=C/c2cc(Br)ccc2OCc2ccccc2)ccc1OCc1ccccc1. The number of nitrogens with zero attached hydrogens (tertiary/aromatic N) is 1. The van der Waals surface area contributed by atoms with Crippen molar-refractivity contribution in [2.45, 2.75) is 13.2 Å². The van der Waals surface area contributed by atoms with E-state index in [9.17, 15) is 4.79 Å². The number of carbonyl (C=O) groups excluding carboxylic acids is 1. The highest BCUT2D eigenvalue weighted by atomic mass is 79.9. The second-order valence-corrected chi connectivity index (χ2v) is 8.71. The molecule has 4 aromatic carbocycles. The molecule has 36 heavy (non-hydrogen) atoms. The maximum absolute atomic E-state index is 12.7. The van der Waals surface area contributed by atoms with Gasteiger partial charge < -0.3 is 14.2 Å². The molecule has 0 aliphatic carbocycles.